The first-order chi connectivity index (χ1) is 15.3. The molecule has 1 aromatic heterocycles. The predicted octanol–water partition coefficient (Wildman–Crippen LogP) is 6.89. The fraction of sp³-hybridized carbons (Fsp3) is 0.0870. The number of aromatic nitrogens is 2. The van der Waals surface area contributed by atoms with E-state index in [0.717, 1.165) is 10.0 Å². The smallest absolute Gasteiger partial charge is 0.282 e. The molecule has 0 radical (unpaired) electrons. The number of rotatable bonds is 5. The average Bonchev–Trinajstić information content (AvgIpc) is 2.75. The van der Waals surface area contributed by atoms with Crippen LogP contribution in [0.5, 0.6) is 5.75 Å². The van der Waals surface area contributed by atoms with Crippen LogP contribution in [0, 0.1) is 6.92 Å². The van der Waals surface area contributed by atoms with Gasteiger partial charge in [0.2, 0.25) is 0 Å². The van der Waals surface area contributed by atoms with E-state index in [2.05, 4.69) is 26.0 Å². The van der Waals surface area contributed by atoms with Crippen LogP contribution >= 0.6 is 50.7 Å². The van der Waals surface area contributed by atoms with Crippen molar-refractivity contribution in [2.45, 2.75) is 13.5 Å². The van der Waals surface area contributed by atoms with Crippen LogP contribution < -0.4 is 10.3 Å². The van der Waals surface area contributed by atoms with Gasteiger partial charge in [-0.2, -0.15) is 9.78 Å². The van der Waals surface area contributed by atoms with E-state index in [4.69, 9.17) is 39.5 Å². The van der Waals surface area contributed by atoms with Gasteiger partial charge in [-0.05, 0) is 60.5 Å². The van der Waals surface area contributed by atoms with Crippen molar-refractivity contribution in [3.8, 4) is 5.75 Å². The summed E-state index contributed by atoms with van der Waals surface area (Å²) in [5.41, 5.74) is 1.87. The molecule has 0 aliphatic carbocycles. The van der Waals surface area contributed by atoms with Crippen LogP contribution in [0.2, 0.25) is 15.1 Å². The van der Waals surface area contributed by atoms with Gasteiger partial charge in [0.05, 0.1) is 27.2 Å². The number of fused-ring (bicyclic) bond motifs is 1. The van der Waals surface area contributed by atoms with Gasteiger partial charge in [0.1, 0.15) is 12.4 Å². The SMILES string of the molecule is Cc1nc2ccc(Br)cc2c(=O)n1N=Cc1cc(Cl)c(OCc2ccc(Cl)cc2)c(Cl)c1. The van der Waals surface area contributed by atoms with Crippen LogP contribution in [-0.4, -0.2) is 15.9 Å². The molecule has 1 heterocycles. The molecule has 5 nitrogen and oxygen atoms in total. The summed E-state index contributed by atoms with van der Waals surface area (Å²) in [7, 11) is 0. The monoisotopic (exact) mass is 549 g/mol. The molecule has 0 aliphatic heterocycles. The number of aryl methyl sites for hydroxylation is 1. The zero-order chi connectivity index (χ0) is 22.8. The van der Waals surface area contributed by atoms with E-state index in [0.29, 0.717) is 43.1 Å². The fourth-order valence-electron chi connectivity index (χ4n) is 3.05. The highest BCUT2D eigenvalue weighted by molar-refractivity contribution is 9.10. The number of halogens is 4. The molecule has 0 unspecified atom stereocenters. The molecule has 4 aromatic rings. The van der Waals surface area contributed by atoms with Gasteiger partial charge >= 0.3 is 0 Å². The average molecular weight is 552 g/mol. The van der Waals surface area contributed by atoms with Crippen molar-refractivity contribution in [3.63, 3.8) is 0 Å². The highest BCUT2D eigenvalue weighted by Crippen LogP contribution is 2.34. The zero-order valence-electron chi connectivity index (χ0n) is 16.7. The Morgan fingerprint density at radius 2 is 1.75 bits per heavy atom. The summed E-state index contributed by atoms with van der Waals surface area (Å²) in [5.74, 6) is 0.826. The Labute approximate surface area is 207 Å². The Hall–Kier alpha value is -2.38. The van der Waals surface area contributed by atoms with Crippen LogP contribution in [0.3, 0.4) is 0 Å². The first kappa shape index (κ1) is 22.8. The van der Waals surface area contributed by atoms with Crippen molar-refractivity contribution >= 4 is 67.9 Å². The third-order valence-corrected chi connectivity index (χ3v) is 5.92. The van der Waals surface area contributed by atoms with E-state index in [-0.39, 0.29) is 12.2 Å². The summed E-state index contributed by atoms with van der Waals surface area (Å²) in [6.45, 7) is 2.00. The minimum Gasteiger partial charge on any atom is -0.486 e. The van der Waals surface area contributed by atoms with Crippen molar-refractivity contribution < 1.29 is 4.74 Å². The summed E-state index contributed by atoms with van der Waals surface area (Å²) in [6.07, 6.45) is 1.50. The van der Waals surface area contributed by atoms with Crippen molar-refractivity contribution in [1.82, 2.24) is 9.66 Å². The second-order valence-electron chi connectivity index (χ2n) is 6.91. The standard InChI is InChI=1S/C23H15BrCl3N3O2/c1-13-29-21-7-4-16(24)10-18(21)23(31)30(13)28-11-15-8-19(26)22(20(27)9-15)32-12-14-2-5-17(25)6-3-14/h2-11H,12H2,1H3. The first-order valence-corrected chi connectivity index (χ1v) is 11.3. The predicted molar refractivity (Wildman–Crippen MR) is 134 cm³/mol. The van der Waals surface area contributed by atoms with Gasteiger partial charge in [-0.15, -0.1) is 0 Å². The van der Waals surface area contributed by atoms with E-state index in [1.165, 1.54) is 10.9 Å². The number of nitrogens with zero attached hydrogens (tertiary/aromatic N) is 3. The molecular formula is C23H15BrCl3N3O2. The maximum atomic E-state index is 12.9. The molecule has 0 saturated heterocycles. The fourth-order valence-corrected chi connectivity index (χ4v) is 4.15. The normalized spacial score (nSPS) is 11.4. The van der Waals surface area contributed by atoms with E-state index in [9.17, 15) is 4.79 Å². The maximum absolute atomic E-state index is 12.9. The molecule has 0 bridgehead atoms. The molecule has 0 atom stereocenters. The summed E-state index contributed by atoms with van der Waals surface area (Å²) in [5, 5.41) is 6.07. The Morgan fingerprint density at radius 3 is 2.44 bits per heavy atom. The summed E-state index contributed by atoms with van der Waals surface area (Å²) < 4.78 is 7.81. The molecule has 0 fully saturated rings. The Morgan fingerprint density at radius 1 is 1.06 bits per heavy atom. The number of benzene rings is 3. The largest absolute Gasteiger partial charge is 0.486 e. The maximum Gasteiger partial charge on any atom is 0.282 e. The van der Waals surface area contributed by atoms with E-state index < -0.39 is 0 Å². The van der Waals surface area contributed by atoms with Gasteiger partial charge < -0.3 is 4.74 Å². The van der Waals surface area contributed by atoms with Crippen LogP contribution in [0.4, 0.5) is 0 Å². The Balaban J connectivity index is 1.60. The molecule has 0 spiro atoms. The van der Waals surface area contributed by atoms with E-state index >= 15 is 0 Å². The highest BCUT2D eigenvalue weighted by atomic mass is 79.9. The molecule has 0 saturated carbocycles. The Kier molecular flexibility index (Phi) is 6.86. The van der Waals surface area contributed by atoms with Gasteiger partial charge in [-0.25, -0.2) is 4.98 Å². The van der Waals surface area contributed by atoms with Crippen molar-refractivity contribution in [2.24, 2.45) is 5.10 Å². The molecule has 4 rings (SSSR count). The van der Waals surface area contributed by atoms with Crippen molar-refractivity contribution in [2.75, 3.05) is 0 Å². The third kappa shape index (κ3) is 4.99. The van der Waals surface area contributed by atoms with Crippen LogP contribution in [0.1, 0.15) is 17.0 Å². The third-order valence-electron chi connectivity index (χ3n) is 4.61. The topological polar surface area (TPSA) is 56.5 Å². The van der Waals surface area contributed by atoms with Crippen molar-refractivity contribution in [3.05, 3.63) is 101 Å². The summed E-state index contributed by atoms with van der Waals surface area (Å²) in [4.78, 5) is 17.3. The molecule has 0 N–H and O–H groups in total. The lowest BCUT2D eigenvalue weighted by molar-refractivity contribution is 0.306. The van der Waals surface area contributed by atoms with Crippen LogP contribution in [0.15, 0.2) is 69.0 Å². The van der Waals surface area contributed by atoms with Gasteiger partial charge in [-0.3, -0.25) is 4.79 Å². The molecule has 9 heteroatoms. The number of ether oxygens (including phenoxy) is 1. The molecule has 3 aromatic carbocycles. The lowest BCUT2D eigenvalue weighted by Gasteiger charge is -2.11. The number of hydrogen-bond donors (Lipinski definition) is 0. The summed E-state index contributed by atoms with van der Waals surface area (Å²) >= 11 is 22.1. The zero-order valence-corrected chi connectivity index (χ0v) is 20.5. The van der Waals surface area contributed by atoms with Crippen molar-refractivity contribution in [1.29, 1.82) is 0 Å². The molecule has 32 heavy (non-hydrogen) atoms. The van der Waals surface area contributed by atoms with Gasteiger partial charge in [0.15, 0.2) is 5.75 Å². The van der Waals surface area contributed by atoms with Crippen LogP contribution in [0.25, 0.3) is 10.9 Å². The molecule has 162 valence electrons. The second kappa shape index (κ2) is 9.63. The lowest BCUT2D eigenvalue weighted by Crippen LogP contribution is -2.20. The second-order valence-corrected chi connectivity index (χ2v) is 9.08. The van der Waals surface area contributed by atoms with Gasteiger partial charge in [0, 0.05) is 9.50 Å². The number of hydrogen-bond acceptors (Lipinski definition) is 4. The van der Waals surface area contributed by atoms with Gasteiger partial charge in [-0.1, -0.05) is 62.9 Å². The van der Waals surface area contributed by atoms with E-state index in [1.54, 1.807) is 43.3 Å². The minimum absolute atomic E-state index is 0.273. The quantitative estimate of drug-likeness (QED) is 0.254. The molecular weight excluding hydrogens is 537 g/mol. The summed E-state index contributed by atoms with van der Waals surface area (Å²) in [6, 6.07) is 16.0. The lowest BCUT2D eigenvalue weighted by atomic mass is 10.2. The minimum atomic E-state index is -0.273. The van der Waals surface area contributed by atoms with E-state index in [1.807, 2.05) is 18.2 Å². The first-order valence-electron chi connectivity index (χ1n) is 9.41. The van der Waals surface area contributed by atoms with Crippen LogP contribution in [-0.2, 0) is 6.61 Å². The molecule has 0 amide bonds. The Bertz CT molecular complexity index is 1380. The molecule has 0 aliphatic rings. The highest BCUT2D eigenvalue weighted by Gasteiger charge is 2.11. The van der Waals surface area contributed by atoms with Gasteiger partial charge in [0.25, 0.3) is 5.56 Å².